The van der Waals surface area contributed by atoms with Crippen molar-refractivity contribution in [1.82, 2.24) is 0 Å². The number of hydrogen-bond donors (Lipinski definition) is 3. The Morgan fingerprint density at radius 3 is 2.50 bits per heavy atom. The minimum Gasteiger partial charge on any atom is -0.508 e. The molecule has 34 heavy (non-hydrogen) atoms. The summed E-state index contributed by atoms with van der Waals surface area (Å²) in [5, 5.41) is 23.6. The van der Waals surface area contributed by atoms with Gasteiger partial charge in [-0.05, 0) is 56.4 Å². The third-order valence-corrected chi connectivity index (χ3v) is 6.59. The monoisotopic (exact) mass is 468 g/mol. The zero-order valence-corrected chi connectivity index (χ0v) is 21.2. The van der Waals surface area contributed by atoms with E-state index in [0.717, 1.165) is 18.8 Å². The number of carbonyl (C=O) groups is 1. The van der Waals surface area contributed by atoms with Crippen molar-refractivity contribution in [1.29, 1.82) is 0 Å². The fraction of sp³-hybridized carbons (Fsp3) is 0.536. The van der Waals surface area contributed by atoms with Gasteiger partial charge in [-0.25, -0.2) is 0 Å². The van der Waals surface area contributed by atoms with Gasteiger partial charge in [0.2, 0.25) is 0 Å². The molecule has 0 saturated carbocycles. The third-order valence-electron chi connectivity index (χ3n) is 6.59. The van der Waals surface area contributed by atoms with Crippen molar-refractivity contribution in [2.45, 2.75) is 78.7 Å². The summed E-state index contributed by atoms with van der Waals surface area (Å²) in [6.45, 7) is 11.0. The number of rotatable bonds is 11. The molecule has 0 bridgehead atoms. The second-order valence-electron chi connectivity index (χ2n) is 10.6. The standard InChI is InChI=1S/C28H40N2O4/c1-19(2)9-6-10-20(3)11-8-16-28(4,5)34-18-30-24-17-21(31)14-15-23(24)29-26-22(27(30)33)12-7-13-25(26)32/h7,12-15,17,19-20,29,31-32H,6,8-11,16,18H2,1-5H3. The van der Waals surface area contributed by atoms with Crippen LogP contribution in [0.1, 0.15) is 83.5 Å². The Balaban J connectivity index is 1.66. The van der Waals surface area contributed by atoms with Crippen LogP contribution in [0.15, 0.2) is 36.4 Å². The lowest BCUT2D eigenvalue weighted by molar-refractivity contribution is -0.0236. The van der Waals surface area contributed by atoms with E-state index >= 15 is 0 Å². The molecule has 1 amide bonds. The second-order valence-corrected chi connectivity index (χ2v) is 10.6. The molecular weight excluding hydrogens is 428 g/mol. The Morgan fingerprint density at radius 2 is 1.76 bits per heavy atom. The van der Waals surface area contributed by atoms with Crippen LogP contribution in [0.25, 0.3) is 0 Å². The summed E-state index contributed by atoms with van der Waals surface area (Å²) in [6.07, 6.45) is 6.97. The van der Waals surface area contributed by atoms with Crippen LogP contribution < -0.4 is 10.2 Å². The molecule has 6 heteroatoms. The van der Waals surface area contributed by atoms with Crippen molar-refractivity contribution in [2.75, 3.05) is 16.9 Å². The quantitative estimate of drug-likeness (QED) is 0.240. The van der Waals surface area contributed by atoms with Gasteiger partial charge in [0, 0.05) is 6.07 Å². The van der Waals surface area contributed by atoms with Crippen LogP contribution in [-0.4, -0.2) is 28.5 Å². The molecule has 1 aliphatic heterocycles. The predicted molar refractivity (Wildman–Crippen MR) is 138 cm³/mol. The Kier molecular flexibility index (Phi) is 8.47. The number of amides is 1. The average Bonchev–Trinajstić information content (AvgIpc) is 2.87. The number of benzene rings is 2. The molecule has 3 rings (SSSR count). The lowest BCUT2D eigenvalue weighted by Crippen LogP contribution is -2.37. The summed E-state index contributed by atoms with van der Waals surface area (Å²) in [5.74, 6) is 1.22. The normalized spacial score (nSPS) is 14.4. The summed E-state index contributed by atoms with van der Waals surface area (Å²) < 4.78 is 6.26. The number of carbonyl (C=O) groups excluding carboxylic acids is 1. The van der Waals surface area contributed by atoms with E-state index < -0.39 is 5.60 Å². The topological polar surface area (TPSA) is 82.0 Å². The van der Waals surface area contributed by atoms with Crippen molar-refractivity contribution >= 4 is 23.0 Å². The Labute approximate surface area is 203 Å². The van der Waals surface area contributed by atoms with Gasteiger partial charge in [-0.1, -0.05) is 58.9 Å². The summed E-state index contributed by atoms with van der Waals surface area (Å²) >= 11 is 0. The average molecular weight is 469 g/mol. The first-order valence-electron chi connectivity index (χ1n) is 12.4. The van der Waals surface area contributed by atoms with Crippen LogP contribution in [0.4, 0.5) is 17.1 Å². The van der Waals surface area contributed by atoms with Crippen LogP contribution in [0.5, 0.6) is 11.5 Å². The molecule has 186 valence electrons. The Bertz CT molecular complexity index is 986. The number of anilines is 3. The molecule has 0 fully saturated rings. The van der Waals surface area contributed by atoms with E-state index in [-0.39, 0.29) is 24.1 Å². The molecule has 1 atom stereocenters. The van der Waals surface area contributed by atoms with Gasteiger partial charge in [-0.2, -0.15) is 0 Å². The smallest absolute Gasteiger partial charge is 0.262 e. The maximum Gasteiger partial charge on any atom is 0.262 e. The first-order valence-corrected chi connectivity index (χ1v) is 12.4. The number of phenols is 2. The van der Waals surface area contributed by atoms with Crippen molar-refractivity contribution < 1.29 is 19.7 Å². The number of ether oxygens (including phenoxy) is 1. The maximum absolute atomic E-state index is 13.4. The number of phenolic OH excluding ortho intramolecular Hbond substituents is 2. The summed E-state index contributed by atoms with van der Waals surface area (Å²) in [7, 11) is 0. The second kappa shape index (κ2) is 11.1. The SMILES string of the molecule is CC(C)CCCC(C)CCCC(C)(C)OCN1C(=O)c2cccc(O)c2Nc2ccc(O)cc21. The minimum atomic E-state index is -0.406. The van der Waals surface area contributed by atoms with Gasteiger partial charge in [0.1, 0.15) is 18.2 Å². The van der Waals surface area contributed by atoms with Crippen LogP contribution in [-0.2, 0) is 4.74 Å². The summed E-state index contributed by atoms with van der Waals surface area (Å²) in [4.78, 5) is 15.0. The highest BCUT2D eigenvalue weighted by atomic mass is 16.5. The number of aromatic hydroxyl groups is 2. The van der Waals surface area contributed by atoms with E-state index in [9.17, 15) is 15.0 Å². The molecule has 1 heterocycles. The highest BCUT2D eigenvalue weighted by Gasteiger charge is 2.30. The van der Waals surface area contributed by atoms with Crippen molar-refractivity contribution in [3.8, 4) is 11.5 Å². The van der Waals surface area contributed by atoms with Crippen LogP contribution in [0.2, 0.25) is 0 Å². The molecule has 0 spiro atoms. The molecular formula is C28H40N2O4. The van der Waals surface area contributed by atoms with Crippen LogP contribution >= 0.6 is 0 Å². The predicted octanol–water partition coefficient (Wildman–Crippen LogP) is 7.19. The van der Waals surface area contributed by atoms with Gasteiger partial charge >= 0.3 is 0 Å². The van der Waals surface area contributed by atoms with E-state index in [1.165, 1.54) is 36.6 Å². The fourth-order valence-electron chi connectivity index (χ4n) is 4.42. The van der Waals surface area contributed by atoms with Crippen molar-refractivity contribution in [3.63, 3.8) is 0 Å². The number of nitrogens with zero attached hydrogens (tertiary/aromatic N) is 1. The van der Waals surface area contributed by atoms with E-state index in [1.807, 2.05) is 0 Å². The van der Waals surface area contributed by atoms with Crippen molar-refractivity contribution in [3.05, 3.63) is 42.0 Å². The van der Waals surface area contributed by atoms with E-state index in [0.29, 0.717) is 28.5 Å². The highest BCUT2D eigenvalue weighted by Crippen LogP contribution is 2.41. The van der Waals surface area contributed by atoms with Gasteiger partial charge in [0.05, 0.1) is 28.2 Å². The minimum absolute atomic E-state index is 0.00418. The Hall–Kier alpha value is -2.73. The number of para-hydroxylation sites is 1. The number of hydrogen-bond acceptors (Lipinski definition) is 5. The van der Waals surface area contributed by atoms with Crippen LogP contribution in [0.3, 0.4) is 0 Å². The zero-order chi connectivity index (χ0) is 24.9. The maximum atomic E-state index is 13.4. The molecule has 3 N–H and O–H groups in total. The van der Waals surface area contributed by atoms with Gasteiger partial charge in [-0.3, -0.25) is 9.69 Å². The lowest BCUT2D eigenvalue weighted by atomic mass is 9.92. The molecule has 6 nitrogen and oxygen atoms in total. The molecule has 0 aliphatic carbocycles. The van der Waals surface area contributed by atoms with Gasteiger partial charge in [0.15, 0.2) is 0 Å². The van der Waals surface area contributed by atoms with Gasteiger partial charge < -0.3 is 20.3 Å². The summed E-state index contributed by atoms with van der Waals surface area (Å²) in [6, 6.07) is 9.64. The molecule has 0 aromatic heterocycles. The van der Waals surface area contributed by atoms with E-state index in [1.54, 1.807) is 30.3 Å². The fourth-order valence-corrected chi connectivity index (χ4v) is 4.42. The van der Waals surface area contributed by atoms with Crippen LogP contribution in [0, 0.1) is 11.8 Å². The van der Waals surface area contributed by atoms with E-state index in [2.05, 4.69) is 39.9 Å². The first-order chi connectivity index (χ1) is 16.1. The first kappa shape index (κ1) is 25.9. The highest BCUT2D eigenvalue weighted by molar-refractivity contribution is 6.14. The third kappa shape index (κ3) is 6.66. The Morgan fingerprint density at radius 1 is 1.03 bits per heavy atom. The molecule has 0 radical (unpaired) electrons. The molecule has 1 unspecified atom stereocenters. The zero-order valence-electron chi connectivity index (χ0n) is 21.2. The number of fused-ring (bicyclic) bond motifs is 2. The lowest BCUT2D eigenvalue weighted by Gasteiger charge is -2.30. The van der Waals surface area contributed by atoms with Gasteiger partial charge in [0.25, 0.3) is 5.91 Å². The largest absolute Gasteiger partial charge is 0.508 e. The van der Waals surface area contributed by atoms with E-state index in [4.69, 9.17) is 4.74 Å². The molecule has 2 aromatic rings. The van der Waals surface area contributed by atoms with Gasteiger partial charge in [-0.15, -0.1) is 0 Å². The molecule has 1 aliphatic rings. The molecule has 0 saturated heterocycles. The molecule has 2 aromatic carbocycles. The van der Waals surface area contributed by atoms with Crippen molar-refractivity contribution in [2.24, 2.45) is 11.8 Å². The summed E-state index contributed by atoms with van der Waals surface area (Å²) in [5.41, 5.74) is 1.43. The number of nitrogens with one attached hydrogen (secondary N) is 1.